The summed E-state index contributed by atoms with van der Waals surface area (Å²) in [6.45, 7) is 2.16. The monoisotopic (exact) mass is 359 g/mol. The molecule has 1 aromatic carbocycles. The molecule has 5 rings (SSSR count). The lowest BCUT2D eigenvalue weighted by molar-refractivity contribution is 0.414. The fraction of sp³-hybridized carbons (Fsp3) is 0.375. The average molecular weight is 360 g/mol. The highest BCUT2D eigenvalue weighted by molar-refractivity contribution is 5.85. The summed E-state index contributed by atoms with van der Waals surface area (Å²) in [4.78, 5) is 9.00. The summed E-state index contributed by atoms with van der Waals surface area (Å²) < 4.78 is 6.91. The number of nitrogens with zero attached hydrogens (tertiary/aromatic N) is 5. The van der Waals surface area contributed by atoms with Gasteiger partial charge >= 0.3 is 0 Å². The fourth-order valence-corrected chi connectivity index (χ4v) is 3.48. The summed E-state index contributed by atoms with van der Waals surface area (Å²) >= 11 is 0. The highest BCUT2D eigenvalue weighted by Gasteiger charge is 2.53. The molecule has 25 heavy (non-hydrogen) atoms. The van der Waals surface area contributed by atoms with Crippen LogP contribution in [0.4, 0.5) is 5.95 Å². The Morgan fingerprint density at radius 3 is 2.68 bits per heavy atom. The van der Waals surface area contributed by atoms with Crippen LogP contribution < -0.4 is 15.4 Å². The number of anilines is 1. The lowest BCUT2D eigenvalue weighted by atomic mass is 10.3. The lowest BCUT2D eigenvalue weighted by Crippen LogP contribution is -2.22. The first-order valence-electron chi connectivity index (χ1n) is 8.03. The van der Waals surface area contributed by atoms with E-state index in [0.29, 0.717) is 35.0 Å². The zero-order valence-electron chi connectivity index (χ0n) is 13.6. The van der Waals surface area contributed by atoms with Gasteiger partial charge in [0.05, 0.1) is 19.0 Å². The van der Waals surface area contributed by atoms with E-state index in [4.69, 9.17) is 4.74 Å². The van der Waals surface area contributed by atoms with Crippen LogP contribution in [0.25, 0.3) is 16.9 Å². The maximum Gasteiger partial charge on any atom is 0.225 e. The second-order valence-electron chi connectivity index (χ2n) is 6.26. The Morgan fingerprint density at radius 1 is 1.20 bits per heavy atom. The summed E-state index contributed by atoms with van der Waals surface area (Å²) in [7, 11) is 1.65. The van der Waals surface area contributed by atoms with Crippen molar-refractivity contribution in [3.63, 3.8) is 0 Å². The van der Waals surface area contributed by atoms with Gasteiger partial charge in [-0.1, -0.05) is 5.21 Å². The van der Waals surface area contributed by atoms with Crippen LogP contribution in [0.1, 0.15) is 0 Å². The van der Waals surface area contributed by atoms with E-state index in [1.807, 2.05) is 24.3 Å². The topological polar surface area (TPSA) is 89.8 Å². The zero-order valence-corrected chi connectivity index (χ0v) is 14.4. The third kappa shape index (κ3) is 2.67. The van der Waals surface area contributed by atoms with E-state index in [2.05, 4.69) is 30.9 Å². The summed E-state index contributed by atoms with van der Waals surface area (Å²) in [5.74, 6) is 2.84. The van der Waals surface area contributed by atoms with Gasteiger partial charge in [0.25, 0.3) is 0 Å². The van der Waals surface area contributed by atoms with Crippen molar-refractivity contribution in [3.05, 3.63) is 30.5 Å². The Kier molecular flexibility index (Phi) is 3.93. The Labute approximate surface area is 150 Å². The van der Waals surface area contributed by atoms with Crippen LogP contribution in [0.2, 0.25) is 0 Å². The average Bonchev–Trinajstić information content (AvgIpc) is 3.00. The normalized spacial score (nSPS) is 23.8. The second kappa shape index (κ2) is 6.12. The Morgan fingerprint density at radius 2 is 1.96 bits per heavy atom. The van der Waals surface area contributed by atoms with E-state index >= 15 is 0 Å². The third-order valence-corrected chi connectivity index (χ3v) is 4.90. The van der Waals surface area contributed by atoms with Gasteiger partial charge in [0, 0.05) is 19.1 Å². The van der Waals surface area contributed by atoms with Gasteiger partial charge in [-0.05, 0) is 36.1 Å². The smallest absolute Gasteiger partial charge is 0.225 e. The standard InChI is InChI=1S/C16H17N7O.ClH/c1-24-10-4-2-9(3-5-10)23-15-13(21-22-23)8-18-16(20-15)19-14-11-6-17-7-12(11)14;/h2-5,8,11-12,14,17H,6-7H2,1H3,(H,18,19,20);1H. The van der Waals surface area contributed by atoms with Crippen LogP contribution in [0, 0.1) is 11.8 Å². The van der Waals surface area contributed by atoms with Gasteiger partial charge in [0.15, 0.2) is 11.2 Å². The minimum Gasteiger partial charge on any atom is -0.497 e. The van der Waals surface area contributed by atoms with E-state index < -0.39 is 0 Å². The molecule has 3 aromatic rings. The molecular weight excluding hydrogens is 342 g/mol. The van der Waals surface area contributed by atoms with Gasteiger partial charge in [0.1, 0.15) is 5.75 Å². The van der Waals surface area contributed by atoms with Crippen molar-refractivity contribution < 1.29 is 4.74 Å². The first kappa shape index (κ1) is 16.0. The minimum absolute atomic E-state index is 0. The van der Waals surface area contributed by atoms with Crippen LogP contribution in [-0.4, -0.2) is 51.2 Å². The van der Waals surface area contributed by atoms with Crippen molar-refractivity contribution >= 4 is 29.5 Å². The van der Waals surface area contributed by atoms with Gasteiger partial charge in [-0.25, -0.2) is 4.98 Å². The summed E-state index contributed by atoms with van der Waals surface area (Å²) in [6.07, 6.45) is 1.72. The van der Waals surface area contributed by atoms with Gasteiger partial charge in [-0.3, -0.25) is 0 Å². The molecule has 2 aromatic heterocycles. The van der Waals surface area contributed by atoms with Gasteiger partial charge in [0.2, 0.25) is 5.95 Å². The SMILES string of the molecule is COc1ccc(-n2nnc3cnc(NC4C5CNCC54)nc32)cc1.Cl. The van der Waals surface area contributed by atoms with E-state index in [9.17, 15) is 0 Å². The number of ether oxygens (including phenoxy) is 1. The predicted molar refractivity (Wildman–Crippen MR) is 95.5 cm³/mol. The van der Waals surface area contributed by atoms with Crippen molar-refractivity contribution in [1.29, 1.82) is 0 Å². The highest BCUT2D eigenvalue weighted by atomic mass is 35.5. The minimum atomic E-state index is 0. The van der Waals surface area contributed by atoms with Crippen LogP contribution in [0.3, 0.4) is 0 Å². The number of halogens is 1. The summed E-state index contributed by atoms with van der Waals surface area (Å²) in [5.41, 5.74) is 2.26. The predicted octanol–water partition coefficient (Wildman–Crippen LogP) is 1.27. The van der Waals surface area contributed by atoms with E-state index in [0.717, 1.165) is 24.5 Å². The number of fused-ring (bicyclic) bond motifs is 2. The number of hydrogen-bond donors (Lipinski definition) is 2. The molecule has 2 N–H and O–H groups in total. The van der Waals surface area contributed by atoms with Crippen molar-refractivity contribution in [2.45, 2.75) is 6.04 Å². The van der Waals surface area contributed by atoms with Crippen LogP contribution in [0.15, 0.2) is 30.5 Å². The number of benzene rings is 1. The first-order chi connectivity index (χ1) is 11.8. The summed E-state index contributed by atoms with van der Waals surface area (Å²) in [5, 5.41) is 15.2. The molecule has 9 heteroatoms. The zero-order chi connectivity index (χ0) is 16.1. The van der Waals surface area contributed by atoms with Crippen LogP contribution >= 0.6 is 12.4 Å². The molecule has 8 nitrogen and oxygen atoms in total. The molecule has 0 radical (unpaired) electrons. The molecule has 0 spiro atoms. The maximum absolute atomic E-state index is 5.19. The van der Waals surface area contributed by atoms with Gasteiger partial charge < -0.3 is 15.4 Å². The lowest BCUT2D eigenvalue weighted by Gasteiger charge is -2.07. The third-order valence-electron chi connectivity index (χ3n) is 4.90. The Hall–Kier alpha value is -2.45. The molecule has 2 aliphatic rings. The molecular formula is C16H18ClN7O. The van der Waals surface area contributed by atoms with Crippen molar-refractivity contribution in [2.24, 2.45) is 11.8 Å². The molecule has 1 aliphatic heterocycles. The van der Waals surface area contributed by atoms with Crippen molar-refractivity contribution in [3.8, 4) is 11.4 Å². The second-order valence-corrected chi connectivity index (χ2v) is 6.26. The molecule has 2 unspecified atom stereocenters. The molecule has 1 saturated heterocycles. The number of nitrogens with one attached hydrogen (secondary N) is 2. The van der Waals surface area contributed by atoms with Gasteiger partial charge in [-0.15, -0.1) is 17.5 Å². The molecule has 1 aliphatic carbocycles. The highest BCUT2D eigenvalue weighted by Crippen LogP contribution is 2.43. The molecule has 3 heterocycles. The van der Waals surface area contributed by atoms with Crippen LogP contribution in [-0.2, 0) is 0 Å². The van der Waals surface area contributed by atoms with E-state index in [-0.39, 0.29) is 12.4 Å². The number of piperidine rings is 1. The molecule has 130 valence electrons. The largest absolute Gasteiger partial charge is 0.497 e. The fourth-order valence-electron chi connectivity index (χ4n) is 3.48. The molecule has 2 atom stereocenters. The maximum atomic E-state index is 5.19. The first-order valence-corrected chi connectivity index (χ1v) is 8.03. The number of rotatable bonds is 4. The number of hydrogen-bond acceptors (Lipinski definition) is 7. The van der Waals surface area contributed by atoms with Gasteiger partial charge in [-0.2, -0.15) is 9.67 Å². The van der Waals surface area contributed by atoms with E-state index in [1.165, 1.54) is 0 Å². The molecule has 1 saturated carbocycles. The van der Waals surface area contributed by atoms with Crippen molar-refractivity contribution in [1.82, 2.24) is 30.3 Å². The molecule has 0 bridgehead atoms. The van der Waals surface area contributed by atoms with E-state index in [1.54, 1.807) is 18.0 Å². The molecule has 0 amide bonds. The Balaban J connectivity index is 0.00000157. The number of aromatic nitrogens is 5. The molecule has 2 fully saturated rings. The quantitative estimate of drug-likeness (QED) is 0.725. The summed E-state index contributed by atoms with van der Waals surface area (Å²) in [6, 6.07) is 8.12. The van der Waals surface area contributed by atoms with Crippen LogP contribution in [0.5, 0.6) is 5.75 Å². The number of methoxy groups -OCH3 is 1. The van der Waals surface area contributed by atoms with Crippen molar-refractivity contribution in [2.75, 3.05) is 25.5 Å². The Bertz CT molecular complexity index is 887.